The van der Waals surface area contributed by atoms with Gasteiger partial charge >= 0.3 is 0 Å². The van der Waals surface area contributed by atoms with Crippen LogP contribution >= 0.6 is 11.3 Å². The van der Waals surface area contributed by atoms with Crippen LogP contribution in [0.3, 0.4) is 0 Å². The van der Waals surface area contributed by atoms with Gasteiger partial charge in [0.1, 0.15) is 5.00 Å². The largest absolute Gasteiger partial charge is 0.395 e. The van der Waals surface area contributed by atoms with E-state index in [1.807, 2.05) is 0 Å². The fourth-order valence-electron chi connectivity index (χ4n) is 1.26. The quantitative estimate of drug-likeness (QED) is 0.652. The van der Waals surface area contributed by atoms with Crippen molar-refractivity contribution in [2.75, 3.05) is 32.1 Å². The Kier molecular flexibility index (Phi) is 5.08. The molecule has 0 fully saturated rings. The van der Waals surface area contributed by atoms with Crippen LogP contribution < -0.4 is 11.1 Å². The molecule has 0 atom stereocenters. The number of carbonyl (C=O) groups is 2. The van der Waals surface area contributed by atoms with Crippen LogP contribution in [0.25, 0.3) is 0 Å². The predicted molar refractivity (Wildman–Crippen MR) is 66.0 cm³/mol. The minimum Gasteiger partial charge on any atom is -0.395 e. The zero-order valence-corrected chi connectivity index (χ0v) is 10.3. The maximum atomic E-state index is 11.6. The van der Waals surface area contributed by atoms with E-state index in [1.165, 1.54) is 11.3 Å². The molecule has 1 heterocycles. The van der Waals surface area contributed by atoms with Crippen LogP contribution in [0.15, 0.2) is 11.4 Å². The van der Waals surface area contributed by atoms with E-state index in [4.69, 9.17) is 10.8 Å². The number of hydrogen-bond donors (Lipinski definition) is 3. The molecule has 0 saturated carbocycles. The average molecular weight is 257 g/mol. The number of carbonyl (C=O) groups excluding carboxylic acids is 2. The molecular weight excluding hydrogens is 242 g/mol. The first-order valence-electron chi connectivity index (χ1n) is 5.01. The van der Waals surface area contributed by atoms with Gasteiger partial charge in [-0.15, -0.1) is 11.3 Å². The number of thiophene rings is 1. The second-order valence-corrected chi connectivity index (χ2v) is 4.45. The molecular formula is C10H15N3O3S. The van der Waals surface area contributed by atoms with Crippen LogP contribution in [0.4, 0.5) is 5.00 Å². The lowest BCUT2D eigenvalue weighted by Gasteiger charge is -2.14. The molecule has 17 heavy (non-hydrogen) atoms. The summed E-state index contributed by atoms with van der Waals surface area (Å²) in [6.07, 6.45) is 0. The minimum atomic E-state index is -0.565. The second-order valence-electron chi connectivity index (χ2n) is 3.54. The molecule has 1 aromatic rings. The maximum Gasteiger partial charge on any atom is 0.251 e. The highest BCUT2D eigenvalue weighted by Crippen LogP contribution is 2.22. The van der Waals surface area contributed by atoms with Gasteiger partial charge in [-0.3, -0.25) is 14.5 Å². The van der Waals surface area contributed by atoms with Crippen LogP contribution in [0, 0.1) is 0 Å². The Morgan fingerprint density at radius 3 is 2.88 bits per heavy atom. The first-order chi connectivity index (χ1) is 8.04. The molecule has 0 aliphatic rings. The fraction of sp³-hybridized carbons (Fsp3) is 0.400. The van der Waals surface area contributed by atoms with Crippen molar-refractivity contribution in [3.63, 3.8) is 0 Å². The third-order valence-electron chi connectivity index (χ3n) is 2.08. The third-order valence-corrected chi connectivity index (χ3v) is 2.91. The summed E-state index contributed by atoms with van der Waals surface area (Å²) >= 11 is 1.25. The minimum absolute atomic E-state index is 0.00464. The Labute approximate surface area is 103 Å². The number of nitrogens with one attached hydrogen (secondary N) is 1. The van der Waals surface area contributed by atoms with Gasteiger partial charge in [0, 0.05) is 6.54 Å². The van der Waals surface area contributed by atoms with Gasteiger partial charge in [-0.1, -0.05) is 0 Å². The van der Waals surface area contributed by atoms with Crippen LogP contribution in [0.5, 0.6) is 0 Å². The summed E-state index contributed by atoms with van der Waals surface area (Å²) in [5.41, 5.74) is 5.47. The standard InChI is InChI=1S/C10H15N3O3S/c1-13(3-4-14)6-8(15)12-10-7(9(11)16)2-5-17-10/h2,5,14H,3-4,6H2,1H3,(H2,11,16)(H,12,15). The van der Waals surface area contributed by atoms with Crippen molar-refractivity contribution in [1.82, 2.24) is 4.90 Å². The molecule has 2 amide bonds. The molecule has 7 heteroatoms. The Bertz CT molecular complexity index is 405. The molecule has 1 aromatic heterocycles. The SMILES string of the molecule is CN(CCO)CC(=O)Nc1sccc1C(N)=O. The summed E-state index contributed by atoms with van der Waals surface area (Å²) < 4.78 is 0. The van der Waals surface area contributed by atoms with Crippen molar-refractivity contribution in [2.24, 2.45) is 5.73 Å². The van der Waals surface area contributed by atoms with E-state index >= 15 is 0 Å². The van der Waals surface area contributed by atoms with Gasteiger partial charge in [0.05, 0.1) is 18.7 Å². The molecule has 0 aromatic carbocycles. The average Bonchev–Trinajstić information content (AvgIpc) is 2.65. The Hall–Kier alpha value is -1.44. The van der Waals surface area contributed by atoms with Crippen molar-refractivity contribution in [2.45, 2.75) is 0 Å². The molecule has 1 rings (SSSR count). The van der Waals surface area contributed by atoms with Gasteiger partial charge in [-0.25, -0.2) is 0 Å². The highest BCUT2D eigenvalue weighted by Gasteiger charge is 2.13. The number of aliphatic hydroxyl groups is 1. The Morgan fingerprint density at radius 2 is 2.29 bits per heavy atom. The summed E-state index contributed by atoms with van der Waals surface area (Å²) in [6.45, 7) is 0.562. The highest BCUT2D eigenvalue weighted by molar-refractivity contribution is 7.14. The third kappa shape index (κ3) is 4.14. The van der Waals surface area contributed by atoms with Crippen molar-refractivity contribution in [3.05, 3.63) is 17.0 Å². The van der Waals surface area contributed by atoms with Gasteiger partial charge in [-0.2, -0.15) is 0 Å². The van der Waals surface area contributed by atoms with Gasteiger partial charge < -0.3 is 16.2 Å². The first-order valence-corrected chi connectivity index (χ1v) is 5.89. The van der Waals surface area contributed by atoms with E-state index in [0.29, 0.717) is 17.1 Å². The van der Waals surface area contributed by atoms with E-state index in [9.17, 15) is 9.59 Å². The van der Waals surface area contributed by atoms with Crippen LogP contribution in [-0.2, 0) is 4.79 Å². The lowest BCUT2D eigenvalue weighted by molar-refractivity contribution is -0.117. The van der Waals surface area contributed by atoms with Crippen LogP contribution in [0.1, 0.15) is 10.4 Å². The summed E-state index contributed by atoms with van der Waals surface area (Å²) in [6, 6.07) is 1.57. The zero-order valence-electron chi connectivity index (χ0n) is 9.47. The maximum absolute atomic E-state index is 11.6. The van der Waals surface area contributed by atoms with E-state index in [-0.39, 0.29) is 19.1 Å². The lowest BCUT2D eigenvalue weighted by Crippen LogP contribution is -2.32. The molecule has 0 unspecified atom stereocenters. The monoisotopic (exact) mass is 257 g/mol. The number of nitrogens with zero attached hydrogens (tertiary/aromatic N) is 1. The van der Waals surface area contributed by atoms with Gasteiger partial charge in [0.2, 0.25) is 5.91 Å². The number of primary amides is 1. The Morgan fingerprint density at radius 1 is 1.59 bits per heavy atom. The molecule has 94 valence electrons. The molecule has 6 nitrogen and oxygen atoms in total. The fourth-order valence-corrected chi connectivity index (χ4v) is 2.07. The lowest BCUT2D eigenvalue weighted by atomic mass is 10.3. The van der Waals surface area contributed by atoms with Gasteiger partial charge in [-0.05, 0) is 18.5 Å². The summed E-state index contributed by atoms with van der Waals surface area (Å²) in [7, 11) is 1.72. The van der Waals surface area contributed by atoms with Crippen molar-refractivity contribution < 1.29 is 14.7 Å². The second kappa shape index (κ2) is 6.33. The Balaban J connectivity index is 2.56. The van der Waals surface area contributed by atoms with E-state index in [0.717, 1.165) is 0 Å². The number of hydrogen-bond acceptors (Lipinski definition) is 5. The molecule has 0 aliphatic carbocycles. The number of likely N-dealkylation sites (N-methyl/N-ethyl adjacent to an activating group) is 1. The number of rotatable bonds is 6. The van der Waals surface area contributed by atoms with Gasteiger partial charge in [0.15, 0.2) is 0 Å². The van der Waals surface area contributed by atoms with E-state index in [1.54, 1.807) is 23.4 Å². The number of aliphatic hydroxyl groups excluding tert-OH is 1. The van der Waals surface area contributed by atoms with Crippen molar-refractivity contribution in [1.29, 1.82) is 0 Å². The normalized spacial score (nSPS) is 10.5. The smallest absolute Gasteiger partial charge is 0.251 e. The van der Waals surface area contributed by atoms with E-state index < -0.39 is 5.91 Å². The molecule has 0 saturated heterocycles. The molecule has 0 radical (unpaired) electrons. The molecule has 0 aliphatic heterocycles. The molecule has 4 N–H and O–H groups in total. The van der Waals surface area contributed by atoms with Crippen LogP contribution in [0.2, 0.25) is 0 Å². The van der Waals surface area contributed by atoms with E-state index in [2.05, 4.69) is 5.32 Å². The summed E-state index contributed by atoms with van der Waals surface area (Å²) in [4.78, 5) is 24.3. The van der Waals surface area contributed by atoms with Gasteiger partial charge in [0.25, 0.3) is 5.91 Å². The molecule has 0 bridgehead atoms. The predicted octanol–water partition coefficient (Wildman–Crippen LogP) is -0.290. The van der Waals surface area contributed by atoms with Crippen LogP contribution in [-0.4, -0.2) is 48.6 Å². The summed E-state index contributed by atoms with van der Waals surface area (Å²) in [5.74, 6) is -0.809. The number of amides is 2. The number of nitrogens with two attached hydrogens (primary N) is 1. The topological polar surface area (TPSA) is 95.7 Å². The highest BCUT2D eigenvalue weighted by atomic mass is 32.1. The van der Waals surface area contributed by atoms with Crippen molar-refractivity contribution >= 4 is 28.2 Å². The molecule has 0 spiro atoms. The number of anilines is 1. The summed E-state index contributed by atoms with van der Waals surface area (Å²) in [5, 5.41) is 13.5. The zero-order chi connectivity index (χ0) is 12.8. The first kappa shape index (κ1) is 13.6. The van der Waals surface area contributed by atoms with Crippen molar-refractivity contribution in [3.8, 4) is 0 Å².